The number of hydrogen-bond donors (Lipinski definition) is 1. The quantitative estimate of drug-likeness (QED) is 0.557. The Morgan fingerprint density at radius 2 is 2.33 bits per heavy atom. The fraction of sp³-hybridized carbons (Fsp3) is 0.833. The van der Waals surface area contributed by atoms with E-state index in [0.29, 0.717) is 5.92 Å². The molecule has 1 aliphatic carbocycles. The van der Waals surface area contributed by atoms with Gasteiger partial charge in [-0.3, -0.25) is 0 Å². The number of hydrogen-bond acceptors (Lipinski definition) is 2. The molecule has 1 saturated heterocycles. The number of cyclic esters (lactones) is 1. The van der Waals surface area contributed by atoms with E-state index >= 15 is 0 Å². The van der Waals surface area contributed by atoms with E-state index in [4.69, 9.17) is 4.74 Å². The molecule has 3 nitrogen and oxygen atoms in total. The SMILES string of the molecule is O=C1NC[C@H](C2CC2)O1. The fourth-order valence-electron chi connectivity index (χ4n) is 1.14. The predicted molar refractivity (Wildman–Crippen MR) is 31.0 cm³/mol. The summed E-state index contributed by atoms with van der Waals surface area (Å²) in [7, 11) is 0. The van der Waals surface area contributed by atoms with Gasteiger partial charge >= 0.3 is 6.09 Å². The van der Waals surface area contributed by atoms with E-state index in [-0.39, 0.29) is 12.2 Å². The Morgan fingerprint density at radius 3 is 2.78 bits per heavy atom. The minimum Gasteiger partial charge on any atom is -0.444 e. The first-order valence-electron chi connectivity index (χ1n) is 3.31. The van der Waals surface area contributed by atoms with Crippen LogP contribution in [0.3, 0.4) is 0 Å². The van der Waals surface area contributed by atoms with Gasteiger partial charge in [0.25, 0.3) is 0 Å². The third kappa shape index (κ3) is 0.866. The summed E-state index contributed by atoms with van der Waals surface area (Å²) < 4.78 is 4.94. The van der Waals surface area contributed by atoms with Gasteiger partial charge in [0, 0.05) is 0 Å². The van der Waals surface area contributed by atoms with Crippen molar-refractivity contribution in [3.8, 4) is 0 Å². The van der Waals surface area contributed by atoms with E-state index in [9.17, 15) is 4.79 Å². The first-order valence-corrected chi connectivity index (χ1v) is 3.31. The van der Waals surface area contributed by atoms with Crippen LogP contribution in [-0.2, 0) is 4.74 Å². The molecule has 0 unspecified atom stereocenters. The van der Waals surface area contributed by atoms with Crippen LogP contribution < -0.4 is 5.32 Å². The van der Waals surface area contributed by atoms with Crippen LogP contribution in [0.5, 0.6) is 0 Å². The maximum Gasteiger partial charge on any atom is 0.407 e. The average molecular weight is 127 g/mol. The molecule has 2 fully saturated rings. The Hall–Kier alpha value is -0.730. The van der Waals surface area contributed by atoms with E-state index in [1.165, 1.54) is 12.8 Å². The normalized spacial score (nSPS) is 33.8. The van der Waals surface area contributed by atoms with Crippen LogP contribution in [0.1, 0.15) is 12.8 Å². The van der Waals surface area contributed by atoms with Crippen LogP contribution in [0.4, 0.5) is 4.79 Å². The number of rotatable bonds is 1. The topological polar surface area (TPSA) is 38.3 Å². The van der Waals surface area contributed by atoms with E-state index in [1.807, 2.05) is 0 Å². The number of carbonyl (C=O) groups excluding carboxylic acids is 1. The Morgan fingerprint density at radius 1 is 1.56 bits per heavy atom. The molecular weight excluding hydrogens is 118 g/mol. The highest BCUT2D eigenvalue weighted by Crippen LogP contribution is 2.35. The fourth-order valence-corrected chi connectivity index (χ4v) is 1.14. The molecule has 0 spiro atoms. The molecule has 50 valence electrons. The summed E-state index contributed by atoms with van der Waals surface area (Å²) in [5.41, 5.74) is 0. The van der Waals surface area contributed by atoms with Gasteiger partial charge in [-0.05, 0) is 18.8 Å². The van der Waals surface area contributed by atoms with E-state index < -0.39 is 0 Å². The van der Waals surface area contributed by atoms with Gasteiger partial charge in [0.05, 0.1) is 6.54 Å². The smallest absolute Gasteiger partial charge is 0.407 e. The van der Waals surface area contributed by atoms with E-state index in [0.717, 1.165) is 6.54 Å². The summed E-state index contributed by atoms with van der Waals surface area (Å²) in [6.07, 6.45) is 2.42. The third-order valence-electron chi connectivity index (χ3n) is 1.85. The third-order valence-corrected chi connectivity index (χ3v) is 1.85. The van der Waals surface area contributed by atoms with Gasteiger partial charge in [-0.1, -0.05) is 0 Å². The Kier molecular flexibility index (Phi) is 0.917. The Bertz CT molecular complexity index is 142. The molecule has 1 amide bonds. The molecule has 1 saturated carbocycles. The maximum atomic E-state index is 10.5. The van der Waals surface area contributed by atoms with Gasteiger partial charge in [0.1, 0.15) is 6.10 Å². The summed E-state index contributed by atoms with van der Waals surface area (Å²) in [6, 6.07) is 0. The van der Waals surface area contributed by atoms with Crippen molar-refractivity contribution in [2.24, 2.45) is 5.92 Å². The second-order valence-electron chi connectivity index (χ2n) is 2.66. The van der Waals surface area contributed by atoms with E-state index in [1.54, 1.807) is 0 Å². The molecule has 1 atom stereocenters. The van der Waals surface area contributed by atoms with Crippen molar-refractivity contribution < 1.29 is 9.53 Å². The zero-order chi connectivity index (χ0) is 6.27. The zero-order valence-corrected chi connectivity index (χ0v) is 5.09. The lowest BCUT2D eigenvalue weighted by Gasteiger charge is -2.01. The van der Waals surface area contributed by atoms with Crippen molar-refractivity contribution in [3.05, 3.63) is 0 Å². The van der Waals surface area contributed by atoms with Crippen molar-refractivity contribution in [1.82, 2.24) is 5.32 Å². The molecule has 1 N–H and O–H groups in total. The van der Waals surface area contributed by atoms with Crippen molar-refractivity contribution in [2.45, 2.75) is 18.9 Å². The molecule has 3 heteroatoms. The summed E-state index contributed by atoms with van der Waals surface area (Å²) in [5.74, 6) is 0.670. The van der Waals surface area contributed by atoms with Crippen molar-refractivity contribution in [1.29, 1.82) is 0 Å². The molecule has 1 heterocycles. The first kappa shape index (κ1) is 5.09. The van der Waals surface area contributed by atoms with Gasteiger partial charge in [-0.2, -0.15) is 0 Å². The summed E-state index contributed by atoms with van der Waals surface area (Å²) in [4.78, 5) is 10.5. The van der Waals surface area contributed by atoms with Crippen LogP contribution in [0.2, 0.25) is 0 Å². The Balaban J connectivity index is 1.92. The molecule has 0 aromatic heterocycles. The van der Waals surface area contributed by atoms with E-state index in [2.05, 4.69) is 5.32 Å². The Labute approximate surface area is 53.4 Å². The lowest BCUT2D eigenvalue weighted by atomic mass is 10.2. The molecular formula is C6H9NO2. The molecule has 9 heavy (non-hydrogen) atoms. The lowest BCUT2D eigenvalue weighted by molar-refractivity contribution is 0.129. The van der Waals surface area contributed by atoms with Gasteiger partial charge in [0.15, 0.2) is 0 Å². The molecule has 0 aromatic carbocycles. The van der Waals surface area contributed by atoms with Crippen molar-refractivity contribution >= 4 is 6.09 Å². The van der Waals surface area contributed by atoms with Crippen LogP contribution in [0, 0.1) is 5.92 Å². The second-order valence-corrected chi connectivity index (χ2v) is 2.66. The molecule has 0 radical (unpaired) electrons. The van der Waals surface area contributed by atoms with Gasteiger partial charge in [-0.25, -0.2) is 4.79 Å². The van der Waals surface area contributed by atoms with Crippen LogP contribution in [0.15, 0.2) is 0 Å². The second kappa shape index (κ2) is 1.62. The maximum absolute atomic E-state index is 10.5. The molecule has 0 aromatic rings. The van der Waals surface area contributed by atoms with Crippen LogP contribution in [0.25, 0.3) is 0 Å². The predicted octanol–water partition coefficient (Wildman–Crippen LogP) is 0.505. The molecule has 1 aliphatic heterocycles. The van der Waals surface area contributed by atoms with Gasteiger partial charge < -0.3 is 10.1 Å². The summed E-state index contributed by atoms with van der Waals surface area (Å²) in [6.45, 7) is 0.726. The summed E-state index contributed by atoms with van der Waals surface area (Å²) in [5, 5.41) is 2.63. The first-order chi connectivity index (χ1) is 4.36. The lowest BCUT2D eigenvalue weighted by Crippen LogP contribution is -2.16. The number of ether oxygens (including phenoxy) is 1. The monoisotopic (exact) mass is 127 g/mol. The van der Waals surface area contributed by atoms with Gasteiger partial charge in [0.2, 0.25) is 0 Å². The van der Waals surface area contributed by atoms with Crippen LogP contribution in [-0.4, -0.2) is 18.7 Å². The van der Waals surface area contributed by atoms with Gasteiger partial charge in [-0.15, -0.1) is 0 Å². The average Bonchev–Trinajstić information content (AvgIpc) is 2.58. The highest BCUT2D eigenvalue weighted by atomic mass is 16.6. The zero-order valence-electron chi connectivity index (χ0n) is 5.09. The van der Waals surface area contributed by atoms with Crippen molar-refractivity contribution in [2.75, 3.05) is 6.54 Å². The molecule has 2 aliphatic rings. The molecule has 0 bridgehead atoms. The standard InChI is InChI=1S/C6H9NO2/c8-6-7-3-5(9-6)4-1-2-4/h4-5H,1-3H2,(H,7,8)/t5-/m1/s1. The number of carbonyl (C=O) groups is 1. The number of amides is 1. The minimum atomic E-state index is -0.244. The van der Waals surface area contributed by atoms with Crippen molar-refractivity contribution in [3.63, 3.8) is 0 Å². The summed E-state index contributed by atoms with van der Waals surface area (Å²) >= 11 is 0. The largest absolute Gasteiger partial charge is 0.444 e. The van der Waals surface area contributed by atoms with Crippen LogP contribution >= 0.6 is 0 Å². The minimum absolute atomic E-state index is 0.192. The number of nitrogens with one attached hydrogen (secondary N) is 1. The highest BCUT2D eigenvalue weighted by Gasteiger charge is 2.37. The number of alkyl carbamates (subject to hydrolysis) is 1. The molecule has 2 rings (SSSR count). The highest BCUT2D eigenvalue weighted by molar-refractivity contribution is 5.69.